The highest BCUT2D eigenvalue weighted by molar-refractivity contribution is 6.30. The van der Waals surface area contributed by atoms with Crippen LogP contribution in [0.25, 0.3) is 0 Å². The first-order valence-electron chi connectivity index (χ1n) is 6.14. The lowest BCUT2D eigenvalue weighted by Gasteiger charge is -2.14. The van der Waals surface area contributed by atoms with Crippen LogP contribution in [0.2, 0.25) is 5.02 Å². The fraction of sp³-hybridized carbons (Fsp3) is 0.571. The average Bonchev–Trinajstić information content (AvgIpc) is 2.24. The van der Waals surface area contributed by atoms with Crippen LogP contribution < -0.4 is 5.32 Å². The van der Waals surface area contributed by atoms with Crippen LogP contribution in [0, 0.1) is 17.7 Å². The quantitative estimate of drug-likeness (QED) is 0.815. The lowest BCUT2D eigenvalue weighted by atomic mass is 10.0. The summed E-state index contributed by atoms with van der Waals surface area (Å²) in [6.45, 7) is 8.38. The second-order valence-corrected chi connectivity index (χ2v) is 5.48. The van der Waals surface area contributed by atoms with Crippen molar-refractivity contribution >= 4 is 11.6 Å². The Bertz CT molecular complexity index is 352. The summed E-state index contributed by atoms with van der Waals surface area (Å²) in [4.78, 5) is 0. The third-order valence-corrected chi connectivity index (χ3v) is 2.94. The van der Waals surface area contributed by atoms with E-state index >= 15 is 0 Å². The van der Waals surface area contributed by atoms with Gasteiger partial charge in [-0.15, -0.1) is 0 Å². The molecule has 1 N–H and O–H groups in total. The highest BCUT2D eigenvalue weighted by Gasteiger charge is 2.10. The molecule has 0 heterocycles. The van der Waals surface area contributed by atoms with E-state index in [9.17, 15) is 4.39 Å². The number of rotatable bonds is 6. The van der Waals surface area contributed by atoms with E-state index in [-0.39, 0.29) is 10.8 Å². The van der Waals surface area contributed by atoms with Gasteiger partial charge in [0.25, 0.3) is 0 Å². The maximum atomic E-state index is 13.7. The molecule has 0 spiro atoms. The highest BCUT2D eigenvalue weighted by atomic mass is 35.5. The van der Waals surface area contributed by atoms with Crippen LogP contribution in [0.5, 0.6) is 0 Å². The van der Waals surface area contributed by atoms with Crippen LogP contribution in [-0.2, 0) is 6.42 Å². The standard InChI is InChI=1S/C14H21ClFN/c1-10(2)8-17-9-11(3)7-12-5-4-6-13(15)14(12)16/h4-6,10-11,17H,7-9H2,1-3H3. The van der Waals surface area contributed by atoms with Crippen LogP contribution in [0.1, 0.15) is 26.3 Å². The van der Waals surface area contributed by atoms with Crippen molar-refractivity contribution in [2.45, 2.75) is 27.2 Å². The number of nitrogens with one attached hydrogen (secondary N) is 1. The molecule has 96 valence electrons. The molecule has 0 bridgehead atoms. The van der Waals surface area contributed by atoms with Crippen LogP contribution in [-0.4, -0.2) is 13.1 Å². The first-order chi connectivity index (χ1) is 8.00. The third-order valence-electron chi connectivity index (χ3n) is 2.65. The van der Waals surface area contributed by atoms with Crippen molar-refractivity contribution in [2.24, 2.45) is 11.8 Å². The summed E-state index contributed by atoms with van der Waals surface area (Å²) in [6.07, 6.45) is 0.720. The molecule has 0 saturated heterocycles. The summed E-state index contributed by atoms with van der Waals surface area (Å²) in [5.74, 6) is 0.775. The lowest BCUT2D eigenvalue weighted by Crippen LogP contribution is -2.26. The third kappa shape index (κ3) is 5.05. The molecule has 1 unspecified atom stereocenters. The van der Waals surface area contributed by atoms with E-state index in [0.29, 0.717) is 17.4 Å². The monoisotopic (exact) mass is 257 g/mol. The minimum Gasteiger partial charge on any atom is -0.316 e. The minimum absolute atomic E-state index is 0.213. The zero-order valence-electron chi connectivity index (χ0n) is 10.8. The van der Waals surface area contributed by atoms with E-state index in [0.717, 1.165) is 19.5 Å². The second-order valence-electron chi connectivity index (χ2n) is 5.07. The molecule has 0 aromatic heterocycles. The SMILES string of the molecule is CC(C)CNCC(C)Cc1cccc(Cl)c1F. The van der Waals surface area contributed by atoms with Gasteiger partial charge in [-0.05, 0) is 43.0 Å². The molecule has 1 atom stereocenters. The fourth-order valence-electron chi connectivity index (χ4n) is 1.77. The maximum Gasteiger partial charge on any atom is 0.144 e. The van der Waals surface area contributed by atoms with E-state index in [1.165, 1.54) is 0 Å². The summed E-state index contributed by atoms with van der Waals surface area (Å²) < 4.78 is 13.7. The Morgan fingerprint density at radius 3 is 2.59 bits per heavy atom. The van der Waals surface area contributed by atoms with Crippen LogP contribution in [0.4, 0.5) is 4.39 Å². The molecule has 0 aliphatic heterocycles. The van der Waals surface area contributed by atoms with Gasteiger partial charge in [0.05, 0.1) is 5.02 Å². The molecular weight excluding hydrogens is 237 g/mol. The van der Waals surface area contributed by atoms with E-state index in [2.05, 4.69) is 26.1 Å². The van der Waals surface area contributed by atoms with Gasteiger partial charge >= 0.3 is 0 Å². The van der Waals surface area contributed by atoms with Gasteiger partial charge in [0.15, 0.2) is 0 Å². The topological polar surface area (TPSA) is 12.0 Å². The predicted molar refractivity (Wildman–Crippen MR) is 72.0 cm³/mol. The summed E-state index contributed by atoms with van der Waals surface area (Å²) >= 11 is 5.75. The van der Waals surface area contributed by atoms with Crippen molar-refractivity contribution < 1.29 is 4.39 Å². The van der Waals surface area contributed by atoms with Crippen molar-refractivity contribution in [1.29, 1.82) is 0 Å². The molecule has 0 saturated carbocycles. The molecular formula is C14H21ClFN. The molecule has 1 aromatic carbocycles. The molecule has 0 radical (unpaired) electrons. The van der Waals surface area contributed by atoms with Crippen molar-refractivity contribution in [3.05, 3.63) is 34.6 Å². The van der Waals surface area contributed by atoms with Gasteiger partial charge < -0.3 is 5.32 Å². The molecule has 0 aliphatic carbocycles. The average molecular weight is 258 g/mol. The molecule has 1 nitrogen and oxygen atoms in total. The molecule has 17 heavy (non-hydrogen) atoms. The molecule has 1 aromatic rings. The van der Waals surface area contributed by atoms with Crippen molar-refractivity contribution in [1.82, 2.24) is 5.32 Å². The van der Waals surface area contributed by atoms with Gasteiger partial charge in [-0.3, -0.25) is 0 Å². The number of halogens is 2. The summed E-state index contributed by atoms with van der Waals surface area (Å²) in [5, 5.41) is 3.60. The maximum absolute atomic E-state index is 13.7. The summed E-state index contributed by atoms with van der Waals surface area (Å²) in [6, 6.07) is 5.19. The molecule has 0 fully saturated rings. The number of hydrogen-bond donors (Lipinski definition) is 1. The molecule has 0 amide bonds. The smallest absolute Gasteiger partial charge is 0.144 e. The van der Waals surface area contributed by atoms with Crippen molar-refractivity contribution in [3.8, 4) is 0 Å². The predicted octanol–water partition coefficient (Wildman–Crippen LogP) is 3.90. The Morgan fingerprint density at radius 2 is 1.94 bits per heavy atom. The normalized spacial score (nSPS) is 13.1. The largest absolute Gasteiger partial charge is 0.316 e. The Kier molecular flexibility index (Phi) is 5.93. The van der Waals surface area contributed by atoms with Crippen molar-refractivity contribution in [2.75, 3.05) is 13.1 Å². The van der Waals surface area contributed by atoms with Gasteiger partial charge in [0, 0.05) is 0 Å². The Hall–Kier alpha value is -0.600. The first-order valence-corrected chi connectivity index (χ1v) is 6.52. The summed E-state index contributed by atoms with van der Waals surface area (Å²) in [5.41, 5.74) is 0.705. The highest BCUT2D eigenvalue weighted by Crippen LogP contribution is 2.20. The molecule has 3 heteroatoms. The fourth-order valence-corrected chi connectivity index (χ4v) is 1.97. The second kappa shape index (κ2) is 6.97. The first kappa shape index (κ1) is 14.5. The van der Waals surface area contributed by atoms with Crippen LogP contribution in [0.3, 0.4) is 0 Å². The van der Waals surface area contributed by atoms with E-state index in [1.54, 1.807) is 18.2 Å². The van der Waals surface area contributed by atoms with Crippen molar-refractivity contribution in [3.63, 3.8) is 0 Å². The zero-order valence-corrected chi connectivity index (χ0v) is 11.5. The van der Waals surface area contributed by atoms with Gasteiger partial charge in [0.2, 0.25) is 0 Å². The van der Waals surface area contributed by atoms with E-state index in [4.69, 9.17) is 11.6 Å². The van der Waals surface area contributed by atoms with Gasteiger partial charge in [-0.25, -0.2) is 4.39 Å². The van der Waals surface area contributed by atoms with Gasteiger partial charge in [0.1, 0.15) is 5.82 Å². The minimum atomic E-state index is -0.273. The lowest BCUT2D eigenvalue weighted by molar-refractivity contribution is 0.466. The number of benzene rings is 1. The van der Waals surface area contributed by atoms with Crippen LogP contribution in [0.15, 0.2) is 18.2 Å². The zero-order chi connectivity index (χ0) is 12.8. The molecule has 0 aliphatic rings. The van der Waals surface area contributed by atoms with E-state index in [1.807, 2.05) is 0 Å². The Labute approximate surface area is 108 Å². The van der Waals surface area contributed by atoms with Gasteiger partial charge in [-0.2, -0.15) is 0 Å². The Morgan fingerprint density at radius 1 is 1.24 bits per heavy atom. The van der Waals surface area contributed by atoms with E-state index < -0.39 is 0 Å². The Balaban J connectivity index is 2.45. The number of hydrogen-bond acceptors (Lipinski definition) is 1. The van der Waals surface area contributed by atoms with Crippen LogP contribution >= 0.6 is 11.6 Å². The molecule has 1 rings (SSSR count). The van der Waals surface area contributed by atoms with Gasteiger partial charge in [-0.1, -0.05) is 44.5 Å². The summed E-state index contributed by atoms with van der Waals surface area (Å²) in [7, 11) is 0.